The third-order valence-electron chi connectivity index (χ3n) is 5.72. The fourth-order valence-corrected chi connectivity index (χ4v) is 4.03. The van der Waals surface area contributed by atoms with E-state index in [4.69, 9.17) is 0 Å². The molecule has 0 unspecified atom stereocenters. The lowest BCUT2D eigenvalue weighted by Gasteiger charge is -2.35. The van der Waals surface area contributed by atoms with Crippen molar-refractivity contribution in [3.8, 4) is 11.8 Å². The van der Waals surface area contributed by atoms with Crippen LogP contribution in [0.2, 0.25) is 0 Å². The number of rotatable bonds is 5. The molecule has 4 rings (SSSR count). The summed E-state index contributed by atoms with van der Waals surface area (Å²) in [6.07, 6.45) is 7.15. The third kappa shape index (κ3) is 5.53. The Balaban J connectivity index is 1.70. The first-order chi connectivity index (χ1) is 15.2. The van der Waals surface area contributed by atoms with E-state index in [1.54, 1.807) is 6.08 Å². The van der Waals surface area contributed by atoms with Crippen molar-refractivity contribution in [3.63, 3.8) is 0 Å². The van der Waals surface area contributed by atoms with Gasteiger partial charge in [0, 0.05) is 22.9 Å². The lowest BCUT2D eigenvalue weighted by molar-refractivity contribution is 0.104. The van der Waals surface area contributed by atoms with Gasteiger partial charge >= 0.3 is 0 Å². The van der Waals surface area contributed by atoms with E-state index >= 15 is 0 Å². The van der Waals surface area contributed by atoms with E-state index in [-0.39, 0.29) is 11.3 Å². The highest BCUT2D eigenvalue weighted by atomic mass is 16.1. The van der Waals surface area contributed by atoms with Crippen LogP contribution in [0.25, 0.3) is 5.70 Å². The summed E-state index contributed by atoms with van der Waals surface area (Å²) in [6, 6.07) is 29.6. The molecule has 0 heterocycles. The van der Waals surface area contributed by atoms with Crippen molar-refractivity contribution >= 4 is 11.5 Å². The third-order valence-corrected chi connectivity index (χ3v) is 5.72. The number of nitrogens with one attached hydrogen (secondary N) is 1. The molecular weight excluding hydrogens is 378 g/mol. The fraction of sp³-hybridized carbons (Fsp3) is 0.207. The van der Waals surface area contributed by atoms with Crippen LogP contribution in [0.3, 0.4) is 0 Å². The van der Waals surface area contributed by atoms with Crippen LogP contribution in [0.15, 0.2) is 97.1 Å². The fourth-order valence-electron chi connectivity index (χ4n) is 4.03. The van der Waals surface area contributed by atoms with Gasteiger partial charge in [0.25, 0.3) is 0 Å². The largest absolute Gasteiger partial charge is 0.368 e. The summed E-state index contributed by atoms with van der Waals surface area (Å²) in [6.45, 7) is 0. The van der Waals surface area contributed by atoms with E-state index in [1.165, 1.54) is 6.42 Å². The van der Waals surface area contributed by atoms with Crippen LogP contribution in [0.5, 0.6) is 0 Å². The van der Waals surface area contributed by atoms with E-state index in [0.29, 0.717) is 5.56 Å². The Bertz CT molecular complexity index is 1080. The summed E-state index contributed by atoms with van der Waals surface area (Å²) in [5, 5.41) is 3.72. The van der Waals surface area contributed by atoms with Gasteiger partial charge in [0.1, 0.15) is 0 Å². The number of allylic oxidation sites excluding steroid dienone is 1. The second-order valence-corrected chi connectivity index (χ2v) is 8.04. The molecule has 3 aromatic rings. The maximum Gasteiger partial charge on any atom is 0.187 e. The SMILES string of the molecule is O=C(/C=C(\NC1(C#Cc2ccccc2)CCCCC1)c1ccccc1)c1ccccc1. The Hall–Kier alpha value is -3.57. The van der Waals surface area contributed by atoms with Gasteiger partial charge in [-0.15, -0.1) is 0 Å². The van der Waals surface area contributed by atoms with E-state index in [0.717, 1.165) is 42.5 Å². The van der Waals surface area contributed by atoms with Gasteiger partial charge in [0.05, 0.1) is 5.54 Å². The highest BCUT2D eigenvalue weighted by Crippen LogP contribution is 2.30. The first-order valence-electron chi connectivity index (χ1n) is 11.0. The van der Waals surface area contributed by atoms with Crippen LogP contribution in [-0.4, -0.2) is 11.3 Å². The molecule has 1 aliphatic rings. The summed E-state index contributed by atoms with van der Waals surface area (Å²) < 4.78 is 0. The molecule has 0 aliphatic heterocycles. The van der Waals surface area contributed by atoms with Crippen molar-refractivity contribution < 1.29 is 4.79 Å². The van der Waals surface area contributed by atoms with Crippen molar-refractivity contribution in [1.29, 1.82) is 0 Å². The van der Waals surface area contributed by atoms with E-state index < -0.39 is 0 Å². The summed E-state index contributed by atoms with van der Waals surface area (Å²) in [5.74, 6) is 6.92. The molecular formula is C29H27NO. The molecule has 2 heteroatoms. The van der Waals surface area contributed by atoms with Crippen molar-refractivity contribution in [1.82, 2.24) is 5.32 Å². The molecule has 3 aromatic carbocycles. The standard InChI is InChI=1S/C29H27NO/c31-28(26-17-9-3-10-18-26)23-27(25-15-7-2-8-16-25)30-29(20-11-4-12-21-29)22-19-24-13-5-1-6-14-24/h1-3,5-10,13-18,23,30H,4,11-12,20-21H2/b27-23-. The average molecular weight is 406 g/mol. The molecule has 1 aliphatic carbocycles. The maximum atomic E-state index is 13.0. The Morgan fingerprint density at radius 2 is 1.29 bits per heavy atom. The highest BCUT2D eigenvalue weighted by molar-refractivity contribution is 6.08. The van der Waals surface area contributed by atoms with E-state index in [2.05, 4.69) is 17.2 Å². The summed E-state index contributed by atoms with van der Waals surface area (Å²) in [5.41, 5.74) is 3.19. The summed E-state index contributed by atoms with van der Waals surface area (Å²) in [7, 11) is 0. The van der Waals surface area contributed by atoms with Crippen LogP contribution in [0.1, 0.15) is 53.6 Å². The van der Waals surface area contributed by atoms with Crippen LogP contribution in [0, 0.1) is 11.8 Å². The molecule has 0 radical (unpaired) electrons. The normalized spacial score (nSPS) is 15.4. The molecule has 0 saturated heterocycles. The van der Waals surface area contributed by atoms with Gasteiger partial charge in [0.2, 0.25) is 0 Å². The molecule has 31 heavy (non-hydrogen) atoms. The zero-order valence-electron chi connectivity index (χ0n) is 17.7. The van der Waals surface area contributed by atoms with Gasteiger partial charge in [-0.25, -0.2) is 0 Å². The number of benzene rings is 3. The molecule has 0 amide bonds. The van der Waals surface area contributed by atoms with Crippen molar-refractivity contribution in [2.45, 2.75) is 37.6 Å². The van der Waals surface area contributed by atoms with Gasteiger partial charge in [-0.2, -0.15) is 0 Å². The van der Waals surface area contributed by atoms with Crippen LogP contribution < -0.4 is 5.32 Å². The topological polar surface area (TPSA) is 29.1 Å². The van der Waals surface area contributed by atoms with Gasteiger partial charge in [-0.05, 0) is 30.5 Å². The quantitative estimate of drug-likeness (QED) is 0.309. The lowest BCUT2D eigenvalue weighted by Crippen LogP contribution is -2.44. The number of carbonyl (C=O) groups excluding carboxylic acids is 1. The Morgan fingerprint density at radius 3 is 1.90 bits per heavy atom. The van der Waals surface area contributed by atoms with Crippen LogP contribution >= 0.6 is 0 Å². The van der Waals surface area contributed by atoms with Crippen molar-refractivity contribution in [3.05, 3.63) is 114 Å². The van der Waals surface area contributed by atoms with Crippen LogP contribution in [-0.2, 0) is 0 Å². The van der Waals surface area contributed by atoms with Gasteiger partial charge in [-0.1, -0.05) is 110 Å². The van der Waals surface area contributed by atoms with E-state index in [1.807, 2.05) is 91.0 Å². The van der Waals surface area contributed by atoms with Crippen molar-refractivity contribution in [2.75, 3.05) is 0 Å². The molecule has 0 spiro atoms. The first-order valence-corrected chi connectivity index (χ1v) is 11.0. The monoisotopic (exact) mass is 405 g/mol. The first kappa shape index (κ1) is 20.7. The zero-order chi connectivity index (χ0) is 21.4. The second-order valence-electron chi connectivity index (χ2n) is 8.04. The van der Waals surface area contributed by atoms with E-state index in [9.17, 15) is 4.79 Å². The number of carbonyl (C=O) groups is 1. The van der Waals surface area contributed by atoms with Gasteiger partial charge < -0.3 is 5.32 Å². The molecule has 1 N–H and O–H groups in total. The average Bonchev–Trinajstić information content (AvgIpc) is 2.85. The maximum absolute atomic E-state index is 13.0. The molecule has 1 saturated carbocycles. The minimum Gasteiger partial charge on any atom is -0.368 e. The predicted octanol–water partition coefficient (Wildman–Crippen LogP) is 6.25. The van der Waals surface area contributed by atoms with Gasteiger partial charge in [-0.3, -0.25) is 4.79 Å². The molecule has 2 nitrogen and oxygen atoms in total. The lowest BCUT2D eigenvalue weighted by atomic mass is 9.81. The smallest absolute Gasteiger partial charge is 0.187 e. The summed E-state index contributed by atoms with van der Waals surface area (Å²) >= 11 is 0. The van der Waals surface area contributed by atoms with Gasteiger partial charge in [0.15, 0.2) is 5.78 Å². The number of ketones is 1. The number of hydrogen-bond acceptors (Lipinski definition) is 2. The molecule has 1 fully saturated rings. The molecule has 0 bridgehead atoms. The zero-order valence-corrected chi connectivity index (χ0v) is 17.7. The Morgan fingerprint density at radius 1 is 0.742 bits per heavy atom. The number of hydrogen-bond donors (Lipinski definition) is 1. The molecule has 154 valence electrons. The van der Waals surface area contributed by atoms with Crippen LogP contribution in [0.4, 0.5) is 0 Å². The minimum atomic E-state index is -0.341. The second kappa shape index (κ2) is 9.96. The minimum absolute atomic E-state index is 0.00562. The Kier molecular flexibility index (Phi) is 6.65. The molecule has 0 aromatic heterocycles. The summed E-state index contributed by atoms with van der Waals surface area (Å²) in [4.78, 5) is 13.0. The molecule has 0 atom stereocenters. The Labute approximate surface area is 185 Å². The van der Waals surface area contributed by atoms with Crippen molar-refractivity contribution in [2.24, 2.45) is 0 Å². The highest BCUT2D eigenvalue weighted by Gasteiger charge is 2.31. The predicted molar refractivity (Wildman–Crippen MR) is 127 cm³/mol.